The summed E-state index contributed by atoms with van der Waals surface area (Å²) in [4.78, 5) is 11.3. The average Bonchev–Trinajstić information content (AvgIpc) is 3.23. The molecule has 4 rings (SSSR count). The number of rotatable bonds is 5. The molecule has 0 amide bonds. The van der Waals surface area contributed by atoms with Crippen molar-refractivity contribution in [3.8, 4) is 0 Å². The zero-order valence-corrected chi connectivity index (χ0v) is 16.3. The van der Waals surface area contributed by atoms with Crippen molar-refractivity contribution in [2.24, 2.45) is 5.92 Å². The van der Waals surface area contributed by atoms with Gasteiger partial charge in [0.2, 0.25) is 0 Å². The van der Waals surface area contributed by atoms with Crippen LogP contribution in [0.15, 0.2) is 30.9 Å². The van der Waals surface area contributed by atoms with Crippen LogP contribution in [0.1, 0.15) is 45.6 Å². The lowest BCUT2D eigenvalue weighted by Crippen LogP contribution is -2.43. The van der Waals surface area contributed by atoms with E-state index in [0.29, 0.717) is 18.0 Å². The van der Waals surface area contributed by atoms with E-state index >= 15 is 0 Å². The van der Waals surface area contributed by atoms with Gasteiger partial charge in [0.15, 0.2) is 0 Å². The van der Waals surface area contributed by atoms with Crippen molar-refractivity contribution in [1.82, 2.24) is 19.7 Å². The van der Waals surface area contributed by atoms with Crippen LogP contribution in [-0.4, -0.2) is 51.6 Å². The Morgan fingerprint density at radius 1 is 1.19 bits per heavy atom. The third kappa shape index (κ3) is 4.24. The maximum Gasteiger partial charge on any atom is 0.134 e. The van der Waals surface area contributed by atoms with Crippen LogP contribution in [0.25, 0.3) is 0 Å². The van der Waals surface area contributed by atoms with Crippen LogP contribution in [0, 0.1) is 5.92 Å². The first-order chi connectivity index (χ1) is 13.2. The maximum atomic E-state index is 5.99. The number of hydrogen-bond donors (Lipinski definition) is 1. The molecule has 2 saturated heterocycles. The third-order valence-corrected chi connectivity index (χ3v) is 5.70. The number of piperidine rings is 1. The Bertz CT molecular complexity index is 711. The first-order valence-electron chi connectivity index (χ1n) is 10.1. The number of nitrogens with one attached hydrogen (secondary N) is 1. The molecule has 2 unspecified atom stereocenters. The number of anilines is 2. The fourth-order valence-electron chi connectivity index (χ4n) is 4.26. The summed E-state index contributed by atoms with van der Waals surface area (Å²) in [5.41, 5.74) is 0. The van der Waals surface area contributed by atoms with Crippen LogP contribution in [-0.2, 0) is 4.74 Å². The fraction of sp³-hybridized carbons (Fsp3) is 0.650. The number of nitrogens with zero attached hydrogens (tertiary/aromatic N) is 5. The first kappa shape index (κ1) is 18.2. The summed E-state index contributed by atoms with van der Waals surface area (Å²) < 4.78 is 8.08. The van der Waals surface area contributed by atoms with E-state index in [1.165, 1.54) is 0 Å². The van der Waals surface area contributed by atoms with E-state index in [9.17, 15) is 0 Å². The topological polar surface area (TPSA) is 68.1 Å². The predicted molar refractivity (Wildman–Crippen MR) is 106 cm³/mol. The van der Waals surface area contributed by atoms with E-state index in [0.717, 1.165) is 57.0 Å². The van der Waals surface area contributed by atoms with Gasteiger partial charge in [-0.25, -0.2) is 9.97 Å². The van der Waals surface area contributed by atoms with Crippen molar-refractivity contribution in [2.75, 3.05) is 29.9 Å². The van der Waals surface area contributed by atoms with Gasteiger partial charge in [-0.05, 0) is 37.7 Å². The highest BCUT2D eigenvalue weighted by Gasteiger charge is 2.29. The van der Waals surface area contributed by atoms with Gasteiger partial charge in [0.25, 0.3) is 0 Å². The Hall–Kier alpha value is -2.15. The van der Waals surface area contributed by atoms with Crippen LogP contribution in [0.4, 0.5) is 11.6 Å². The monoisotopic (exact) mass is 370 g/mol. The third-order valence-electron chi connectivity index (χ3n) is 5.70. The first-order valence-corrected chi connectivity index (χ1v) is 10.1. The van der Waals surface area contributed by atoms with Crippen molar-refractivity contribution in [3.63, 3.8) is 0 Å². The van der Waals surface area contributed by atoms with E-state index in [-0.39, 0.29) is 6.10 Å². The van der Waals surface area contributed by atoms with Crippen LogP contribution in [0.3, 0.4) is 0 Å². The van der Waals surface area contributed by atoms with Gasteiger partial charge in [0, 0.05) is 38.2 Å². The molecule has 2 aliphatic heterocycles. The summed E-state index contributed by atoms with van der Waals surface area (Å²) in [6.45, 7) is 7.28. The minimum Gasteiger partial charge on any atom is -0.376 e. The van der Waals surface area contributed by atoms with Gasteiger partial charge < -0.3 is 15.0 Å². The summed E-state index contributed by atoms with van der Waals surface area (Å²) in [5, 5.41) is 7.99. The molecule has 7 heteroatoms. The van der Waals surface area contributed by atoms with Gasteiger partial charge in [0.1, 0.15) is 18.0 Å². The lowest BCUT2D eigenvalue weighted by molar-refractivity contribution is -0.0203. The highest BCUT2D eigenvalue weighted by molar-refractivity contribution is 5.49. The Morgan fingerprint density at radius 2 is 2.04 bits per heavy atom. The van der Waals surface area contributed by atoms with Crippen molar-refractivity contribution in [3.05, 3.63) is 30.9 Å². The minimum absolute atomic E-state index is 0.238. The molecule has 4 heterocycles. The Morgan fingerprint density at radius 3 is 2.78 bits per heavy atom. The molecule has 2 aromatic heterocycles. The van der Waals surface area contributed by atoms with Crippen molar-refractivity contribution in [2.45, 2.75) is 57.7 Å². The lowest BCUT2D eigenvalue weighted by Gasteiger charge is -2.35. The normalized spacial score (nSPS) is 24.3. The summed E-state index contributed by atoms with van der Waals surface area (Å²) >= 11 is 0. The van der Waals surface area contributed by atoms with Gasteiger partial charge in [0.05, 0.1) is 18.2 Å². The van der Waals surface area contributed by atoms with Gasteiger partial charge in [-0.15, -0.1) is 0 Å². The van der Waals surface area contributed by atoms with Crippen LogP contribution in [0.2, 0.25) is 0 Å². The largest absolute Gasteiger partial charge is 0.376 e. The van der Waals surface area contributed by atoms with Crippen LogP contribution >= 0.6 is 0 Å². The summed E-state index contributed by atoms with van der Waals surface area (Å²) in [7, 11) is 0. The maximum absolute atomic E-state index is 5.99. The van der Waals surface area contributed by atoms with Crippen LogP contribution < -0.4 is 10.2 Å². The van der Waals surface area contributed by atoms with Crippen LogP contribution in [0.5, 0.6) is 0 Å². The van der Waals surface area contributed by atoms with Gasteiger partial charge >= 0.3 is 0 Å². The number of hydrogen-bond acceptors (Lipinski definition) is 6. The minimum atomic E-state index is 0.238. The number of aromatic nitrogens is 4. The summed E-state index contributed by atoms with van der Waals surface area (Å²) in [6, 6.07) is 4.88. The lowest BCUT2D eigenvalue weighted by atomic mass is 9.93. The van der Waals surface area contributed by atoms with Gasteiger partial charge in [-0.1, -0.05) is 13.8 Å². The van der Waals surface area contributed by atoms with Crippen molar-refractivity contribution < 1.29 is 4.74 Å². The predicted octanol–water partition coefficient (Wildman–Crippen LogP) is 3.13. The molecule has 146 valence electrons. The zero-order valence-electron chi connectivity index (χ0n) is 16.3. The van der Waals surface area contributed by atoms with Gasteiger partial charge in [-0.2, -0.15) is 5.10 Å². The molecule has 2 aliphatic rings. The highest BCUT2D eigenvalue weighted by Crippen LogP contribution is 2.27. The average molecular weight is 371 g/mol. The molecule has 0 saturated carbocycles. The number of ether oxygens (including phenoxy) is 1. The standard InChI is InChI=1S/C20H30N6O/c1-15(2)20-17(5-3-12-27-20)24-18-13-19(22-14-21-18)25-10-6-16(7-11-25)26-9-4-8-23-26/h4,8-9,13-17,20H,3,5-7,10-12H2,1-2H3,(H,21,22,24). The second kappa shape index (κ2) is 8.25. The second-order valence-corrected chi connectivity index (χ2v) is 7.94. The Kier molecular flexibility index (Phi) is 5.57. The smallest absolute Gasteiger partial charge is 0.134 e. The van der Waals surface area contributed by atoms with Crippen molar-refractivity contribution >= 4 is 11.6 Å². The molecular formula is C20H30N6O. The molecule has 1 N–H and O–H groups in total. The molecule has 7 nitrogen and oxygen atoms in total. The van der Waals surface area contributed by atoms with Crippen molar-refractivity contribution in [1.29, 1.82) is 0 Å². The van der Waals surface area contributed by atoms with E-state index < -0.39 is 0 Å². The molecule has 2 aromatic rings. The second-order valence-electron chi connectivity index (χ2n) is 7.94. The molecule has 0 aliphatic carbocycles. The molecule has 2 atom stereocenters. The quantitative estimate of drug-likeness (QED) is 0.872. The van der Waals surface area contributed by atoms with E-state index in [1.54, 1.807) is 6.33 Å². The Balaban J connectivity index is 1.39. The molecule has 2 fully saturated rings. The van der Waals surface area contributed by atoms with E-state index in [4.69, 9.17) is 4.74 Å². The molecule has 0 spiro atoms. The van der Waals surface area contributed by atoms with E-state index in [1.807, 2.05) is 12.3 Å². The highest BCUT2D eigenvalue weighted by atomic mass is 16.5. The zero-order chi connectivity index (χ0) is 18.6. The molecule has 27 heavy (non-hydrogen) atoms. The SMILES string of the molecule is CC(C)C1OCCCC1Nc1cc(N2CCC(n3cccn3)CC2)ncn1. The Labute approximate surface area is 161 Å². The van der Waals surface area contributed by atoms with E-state index in [2.05, 4.69) is 56.1 Å². The summed E-state index contributed by atoms with van der Waals surface area (Å²) in [6.07, 6.45) is 10.2. The molecule has 0 radical (unpaired) electrons. The molecule has 0 aromatic carbocycles. The molecular weight excluding hydrogens is 340 g/mol. The van der Waals surface area contributed by atoms with Gasteiger partial charge in [-0.3, -0.25) is 4.68 Å². The summed E-state index contributed by atoms with van der Waals surface area (Å²) in [5.74, 6) is 2.39. The fourth-order valence-corrected chi connectivity index (χ4v) is 4.26. The molecule has 0 bridgehead atoms.